The third kappa shape index (κ3) is 1.95. The van der Waals surface area contributed by atoms with Crippen molar-refractivity contribution in [2.24, 2.45) is 0 Å². The van der Waals surface area contributed by atoms with Gasteiger partial charge in [-0.05, 0) is 36.4 Å². The third-order valence-corrected chi connectivity index (χ3v) is 5.07. The fraction of sp³-hybridized carbons (Fsp3) is 0.467. The monoisotopic (exact) mass is 245 g/mol. The summed E-state index contributed by atoms with van der Waals surface area (Å²) in [6.45, 7) is 0. The maximum absolute atomic E-state index is 2.45. The van der Waals surface area contributed by atoms with E-state index in [2.05, 4.69) is 46.6 Å². The summed E-state index contributed by atoms with van der Waals surface area (Å²) < 4.78 is 2.45. The predicted octanol–water partition coefficient (Wildman–Crippen LogP) is 4.65. The van der Waals surface area contributed by atoms with Crippen molar-refractivity contribution in [1.29, 1.82) is 0 Å². The Morgan fingerprint density at radius 2 is 1.65 bits per heavy atom. The van der Waals surface area contributed by atoms with Crippen molar-refractivity contribution in [3.05, 3.63) is 46.9 Å². The van der Waals surface area contributed by atoms with Crippen molar-refractivity contribution in [3.8, 4) is 0 Å². The lowest BCUT2D eigenvalue weighted by molar-refractivity contribution is 0.316. The SMILES string of the molecule is c1csc(C2(n3cccc3)CCCCCC2)c1. The molecule has 1 nitrogen and oxygen atoms in total. The summed E-state index contributed by atoms with van der Waals surface area (Å²) in [5, 5.41) is 2.21. The zero-order valence-corrected chi connectivity index (χ0v) is 11.0. The summed E-state index contributed by atoms with van der Waals surface area (Å²) in [4.78, 5) is 1.54. The van der Waals surface area contributed by atoms with Gasteiger partial charge in [-0.1, -0.05) is 31.7 Å². The molecule has 0 N–H and O–H groups in total. The van der Waals surface area contributed by atoms with Crippen LogP contribution >= 0.6 is 11.3 Å². The maximum atomic E-state index is 2.45. The normalized spacial score (nSPS) is 20.0. The molecule has 1 aliphatic rings. The van der Waals surface area contributed by atoms with Crippen LogP contribution in [-0.2, 0) is 5.54 Å². The van der Waals surface area contributed by atoms with Gasteiger partial charge in [-0.3, -0.25) is 0 Å². The van der Waals surface area contributed by atoms with Gasteiger partial charge in [0.2, 0.25) is 0 Å². The number of hydrogen-bond donors (Lipinski definition) is 0. The number of rotatable bonds is 2. The Bertz CT molecular complexity index is 397. The second kappa shape index (κ2) is 4.69. The van der Waals surface area contributed by atoms with E-state index in [-0.39, 0.29) is 5.54 Å². The summed E-state index contributed by atoms with van der Waals surface area (Å²) in [5.74, 6) is 0. The fourth-order valence-electron chi connectivity index (χ4n) is 3.11. The van der Waals surface area contributed by atoms with E-state index >= 15 is 0 Å². The minimum Gasteiger partial charge on any atom is -0.343 e. The Labute approximate surface area is 107 Å². The van der Waals surface area contributed by atoms with E-state index < -0.39 is 0 Å². The molecule has 1 saturated carbocycles. The number of hydrogen-bond acceptors (Lipinski definition) is 1. The molecule has 3 rings (SSSR count). The van der Waals surface area contributed by atoms with Gasteiger partial charge in [-0.2, -0.15) is 0 Å². The zero-order valence-electron chi connectivity index (χ0n) is 10.1. The molecule has 0 unspecified atom stereocenters. The van der Waals surface area contributed by atoms with Gasteiger partial charge in [0.1, 0.15) is 0 Å². The van der Waals surface area contributed by atoms with Gasteiger partial charge >= 0.3 is 0 Å². The van der Waals surface area contributed by atoms with Gasteiger partial charge in [0.15, 0.2) is 0 Å². The minimum atomic E-state index is 0.244. The van der Waals surface area contributed by atoms with Crippen LogP contribution in [0.5, 0.6) is 0 Å². The van der Waals surface area contributed by atoms with Gasteiger partial charge in [-0.15, -0.1) is 11.3 Å². The molecule has 0 spiro atoms. The Morgan fingerprint density at radius 1 is 0.941 bits per heavy atom. The van der Waals surface area contributed by atoms with Crippen molar-refractivity contribution in [3.63, 3.8) is 0 Å². The van der Waals surface area contributed by atoms with E-state index in [0.717, 1.165) is 0 Å². The average Bonchev–Trinajstić information content (AvgIpc) is 3.00. The Kier molecular flexibility index (Phi) is 3.06. The molecule has 0 amide bonds. The summed E-state index contributed by atoms with van der Waals surface area (Å²) in [7, 11) is 0. The van der Waals surface area contributed by atoms with Crippen LogP contribution in [0.2, 0.25) is 0 Å². The second-order valence-electron chi connectivity index (χ2n) is 5.01. The van der Waals surface area contributed by atoms with Crippen molar-refractivity contribution < 1.29 is 0 Å². The standard InChI is InChI=1S/C15H19NS/c1-2-4-10-15(9-3-1,14-8-7-13-17-14)16-11-5-6-12-16/h5-8,11-13H,1-4,9-10H2. The Morgan fingerprint density at radius 3 is 2.24 bits per heavy atom. The van der Waals surface area contributed by atoms with E-state index in [9.17, 15) is 0 Å². The van der Waals surface area contributed by atoms with E-state index in [4.69, 9.17) is 0 Å². The molecule has 2 heteroatoms. The number of nitrogens with zero attached hydrogens (tertiary/aromatic N) is 1. The molecule has 2 aromatic rings. The molecular weight excluding hydrogens is 226 g/mol. The fourth-order valence-corrected chi connectivity index (χ4v) is 4.10. The predicted molar refractivity (Wildman–Crippen MR) is 73.5 cm³/mol. The highest BCUT2D eigenvalue weighted by Gasteiger charge is 2.34. The smallest absolute Gasteiger partial charge is 0.0782 e. The molecule has 2 aromatic heterocycles. The molecule has 0 saturated heterocycles. The highest BCUT2D eigenvalue weighted by molar-refractivity contribution is 7.10. The molecule has 0 aliphatic heterocycles. The quantitative estimate of drug-likeness (QED) is 0.679. The minimum absolute atomic E-state index is 0.244. The van der Waals surface area contributed by atoms with E-state index in [1.165, 1.54) is 43.4 Å². The van der Waals surface area contributed by atoms with Crippen LogP contribution in [0.15, 0.2) is 42.0 Å². The molecule has 0 atom stereocenters. The van der Waals surface area contributed by atoms with Crippen LogP contribution in [-0.4, -0.2) is 4.57 Å². The lowest BCUT2D eigenvalue weighted by Crippen LogP contribution is -2.32. The van der Waals surface area contributed by atoms with Crippen molar-refractivity contribution in [2.45, 2.75) is 44.1 Å². The van der Waals surface area contributed by atoms with E-state index in [0.29, 0.717) is 0 Å². The molecule has 90 valence electrons. The molecule has 0 radical (unpaired) electrons. The summed E-state index contributed by atoms with van der Waals surface area (Å²) >= 11 is 1.91. The van der Waals surface area contributed by atoms with Crippen LogP contribution in [0.3, 0.4) is 0 Å². The van der Waals surface area contributed by atoms with Gasteiger partial charge < -0.3 is 4.57 Å². The topological polar surface area (TPSA) is 4.93 Å². The average molecular weight is 245 g/mol. The highest BCUT2D eigenvalue weighted by atomic mass is 32.1. The third-order valence-electron chi connectivity index (χ3n) is 4.01. The maximum Gasteiger partial charge on any atom is 0.0782 e. The summed E-state index contributed by atoms with van der Waals surface area (Å²) in [6, 6.07) is 8.81. The van der Waals surface area contributed by atoms with Crippen LogP contribution in [0.1, 0.15) is 43.4 Å². The van der Waals surface area contributed by atoms with Crippen molar-refractivity contribution >= 4 is 11.3 Å². The van der Waals surface area contributed by atoms with Gasteiger partial charge in [0.05, 0.1) is 5.54 Å². The first-order valence-corrected chi connectivity index (χ1v) is 7.47. The molecule has 1 fully saturated rings. The largest absolute Gasteiger partial charge is 0.343 e. The highest BCUT2D eigenvalue weighted by Crippen LogP contribution is 2.41. The molecule has 0 aromatic carbocycles. The second-order valence-corrected chi connectivity index (χ2v) is 5.96. The van der Waals surface area contributed by atoms with Gasteiger partial charge in [0.25, 0.3) is 0 Å². The van der Waals surface area contributed by atoms with Crippen LogP contribution in [0, 0.1) is 0 Å². The lowest BCUT2D eigenvalue weighted by Gasteiger charge is -2.34. The molecule has 0 bridgehead atoms. The molecular formula is C15H19NS. The lowest BCUT2D eigenvalue weighted by atomic mass is 9.88. The molecule has 17 heavy (non-hydrogen) atoms. The van der Waals surface area contributed by atoms with Crippen LogP contribution < -0.4 is 0 Å². The Balaban J connectivity index is 2.06. The van der Waals surface area contributed by atoms with Gasteiger partial charge in [0, 0.05) is 17.3 Å². The van der Waals surface area contributed by atoms with Crippen LogP contribution in [0.4, 0.5) is 0 Å². The molecule has 1 aliphatic carbocycles. The van der Waals surface area contributed by atoms with Gasteiger partial charge in [-0.25, -0.2) is 0 Å². The van der Waals surface area contributed by atoms with E-state index in [1.54, 1.807) is 0 Å². The Hall–Kier alpha value is -1.02. The van der Waals surface area contributed by atoms with Crippen molar-refractivity contribution in [2.75, 3.05) is 0 Å². The summed E-state index contributed by atoms with van der Waals surface area (Å²) in [5.41, 5.74) is 0.244. The van der Waals surface area contributed by atoms with Crippen molar-refractivity contribution in [1.82, 2.24) is 4.57 Å². The summed E-state index contributed by atoms with van der Waals surface area (Å²) in [6.07, 6.45) is 12.6. The number of thiophene rings is 1. The zero-order chi connectivity index (χ0) is 11.6. The first-order chi connectivity index (χ1) is 8.42. The molecule has 2 heterocycles. The first-order valence-electron chi connectivity index (χ1n) is 6.59. The number of aromatic nitrogens is 1. The first kappa shape index (κ1) is 11.1. The van der Waals surface area contributed by atoms with E-state index in [1.807, 2.05) is 11.3 Å². The van der Waals surface area contributed by atoms with Crippen LogP contribution in [0.25, 0.3) is 0 Å².